The zero-order valence-corrected chi connectivity index (χ0v) is 13.2. The van der Waals surface area contributed by atoms with Crippen LogP contribution in [-0.4, -0.2) is 57.1 Å². The maximum Gasteiger partial charge on any atom is 0.183 e. The predicted molar refractivity (Wildman–Crippen MR) is 77.9 cm³/mol. The van der Waals surface area contributed by atoms with E-state index in [2.05, 4.69) is 14.7 Å². The zero-order valence-electron chi connectivity index (χ0n) is 14.2. The molecule has 0 radical (unpaired) electrons. The largest absolute Gasteiger partial charge is 0.393 e. The molecule has 0 amide bonds. The van der Waals surface area contributed by atoms with Gasteiger partial charge in [-0.15, -0.1) is 0 Å². The van der Waals surface area contributed by atoms with Crippen LogP contribution in [0.4, 0.5) is 0 Å². The molecule has 1 aromatic carbocycles. The van der Waals surface area contributed by atoms with Crippen LogP contribution in [0, 0.1) is 0 Å². The SMILES string of the molecule is [2H]C(C(=O)[C@@H](OOC)[C@H](OOC)[C@@H](CO)OOC)c1ccccc1. The molecule has 0 heterocycles. The highest BCUT2D eigenvalue weighted by atomic mass is 17.2. The van der Waals surface area contributed by atoms with Crippen molar-refractivity contribution in [1.82, 2.24) is 0 Å². The normalized spacial score (nSPS) is 17.1. The minimum atomic E-state index is -1.40. The van der Waals surface area contributed by atoms with Crippen molar-refractivity contribution in [1.29, 1.82) is 0 Å². The van der Waals surface area contributed by atoms with Crippen LogP contribution in [0.5, 0.6) is 0 Å². The van der Waals surface area contributed by atoms with Crippen molar-refractivity contribution >= 4 is 5.78 Å². The van der Waals surface area contributed by atoms with Crippen LogP contribution in [0.25, 0.3) is 0 Å². The quantitative estimate of drug-likeness (QED) is 0.440. The van der Waals surface area contributed by atoms with E-state index in [0.717, 1.165) is 0 Å². The summed E-state index contributed by atoms with van der Waals surface area (Å²) in [5.41, 5.74) is 0.469. The van der Waals surface area contributed by atoms with Crippen LogP contribution in [0.15, 0.2) is 30.3 Å². The minimum Gasteiger partial charge on any atom is -0.393 e. The fourth-order valence-corrected chi connectivity index (χ4v) is 1.89. The van der Waals surface area contributed by atoms with E-state index < -0.39 is 37.1 Å². The third-order valence-corrected chi connectivity index (χ3v) is 2.86. The van der Waals surface area contributed by atoms with Gasteiger partial charge in [0.15, 0.2) is 18.0 Å². The van der Waals surface area contributed by atoms with Gasteiger partial charge in [-0.2, -0.15) is 0 Å². The number of ketones is 1. The van der Waals surface area contributed by atoms with Crippen LogP contribution in [0.2, 0.25) is 0 Å². The molecule has 8 heteroatoms. The number of hydrogen-bond acceptors (Lipinski definition) is 8. The van der Waals surface area contributed by atoms with Gasteiger partial charge >= 0.3 is 0 Å². The number of benzene rings is 1. The Morgan fingerprint density at radius 3 is 2.22 bits per heavy atom. The first-order valence-corrected chi connectivity index (χ1v) is 6.80. The molecule has 23 heavy (non-hydrogen) atoms. The summed E-state index contributed by atoms with van der Waals surface area (Å²) in [5, 5.41) is 9.41. The summed E-state index contributed by atoms with van der Waals surface area (Å²) in [6.45, 7) is -0.549. The van der Waals surface area contributed by atoms with Gasteiger partial charge in [0, 0.05) is 7.77 Å². The number of carbonyl (C=O) groups is 1. The first-order valence-electron chi connectivity index (χ1n) is 7.38. The molecule has 0 fully saturated rings. The molecule has 1 aromatic rings. The maximum absolute atomic E-state index is 12.7. The summed E-state index contributed by atoms with van der Waals surface area (Å²) in [6.07, 6.45) is -4.99. The van der Waals surface area contributed by atoms with Crippen LogP contribution in [0.1, 0.15) is 6.93 Å². The molecule has 4 atom stereocenters. The van der Waals surface area contributed by atoms with E-state index in [1.165, 1.54) is 21.3 Å². The number of hydrogen-bond donors (Lipinski definition) is 1. The van der Waals surface area contributed by atoms with Gasteiger partial charge in [0.25, 0.3) is 0 Å². The number of aliphatic hydroxyl groups is 1. The fraction of sp³-hybridized carbons (Fsp3) is 0.533. The number of Topliss-reactive ketones (excluding diaryl/α,β-unsaturated/α-hetero) is 1. The molecule has 0 aliphatic carbocycles. The topological polar surface area (TPSA) is 92.7 Å². The van der Waals surface area contributed by atoms with Gasteiger partial charge < -0.3 is 5.11 Å². The summed E-state index contributed by atoms with van der Waals surface area (Å²) in [7, 11) is 3.66. The summed E-state index contributed by atoms with van der Waals surface area (Å²) in [6, 6.07) is 8.48. The summed E-state index contributed by atoms with van der Waals surface area (Å²) in [5.74, 6) is -0.664. The van der Waals surface area contributed by atoms with Crippen molar-refractivity contribution in [3.05, 3.63) is 35.9 Å². The zero-order chi connectivity index (χ0) is 17.9. The van der Waals surface area contributed by atoms with Crippen LogP contribution in [0.3, 0.4) is 0 Å². The number of aliphatic hydroxyl groups excluding tert-OH is 1. The Labute approximate surface area is 136 Å². The molecule has 1 unspecified atom stereocenters. The lowest BCUT2D eigenvalue weighted by Gasteiger charge is -2.27. The van der Waals surface area contributed by atoms with Crippen molar-refractivity contribution in [2.24, 2.45) is 0 Å². The summed E-state index contributed by atoms with van der Waals surface area (Å²) < 4.78 is 8.14. The molecule has 0 spiro atoms. The second-order valence-corrected chi connectivity index (χ2v) is 4.35. The van der Waals surface area contributed by atoms with Crippen LogP contribution < -0.4 is 0 Å². The molecular formula is C15H22O8. The number of rotatable bonds is 12. The molecule has 0 saturated heterocycles. The van der Waals surface area contributed by atoms with E-state index in [-0.39, 0.29) is 0 Å². The Kier molecular flexibility index (Phi) is 8.74. The predicted octanol–water partition coefficient (Wildman–Crippen LogP) is 0.630. The molecule has 8 nitrogen and oxygen atoms in total. The van der Waals surface area contributed by atoms with Crippen LogP contribution >= 0.6 is 0 Å². The van der Waals surface area contributed by atoms with Gasteiger partial charge in [0.05, 0.1) is 27.9 Å². The third kappa shape index (κ3) is 6.32. The summed E-state index contributed by atoms with van der Waals surface area (Å²) in [4.78, 5) is 41.2. The van der Waals surface area contributed by atoms with Gasteiger partial charge in [-0.25, -0.2) is 29.3 Å². The molecule has 1 N–H and O–H groups in total. The molecular weight excluding hydrogens is 308 g/mol. The first-order chi connectivity index (χ1) is 11.6. The Morgan fingerprint density at radius 2 is 1.70 bits per heavy atom. The lowest BCUT2D eigenvalue weighted by Crippen LogP contribution is -2.48. The van der Waals surface area contributed by atoms with Gasteiger partial charge in [0.1, 0.15) is 6.10 Å². The van der Waals surface area contributed by atoms with Crippen molar-refractivity contribution in [2.75, 3.05) is 27.9 Å². The Bertz CT molecular complexity index is 472. The smallest absolute Gasteiger partial charge is 0.183 e. The molecule has 130 valence electrons. The van der Waals surface area contributed by atoms with Crippen LogP contribution in [-0.2, 0) is 40.5 Å². The summed E-state index contributed by atoms with van der Waals surface area (Å²) >= 11 is 0. The van der Waals surface area contributed by atoms with Crippen molar-refractivity contribution in [3.8, 4) is 0 Å². The van der Waals surface area contributed by atoms with Crippen molar-refractivity contribution in [3.63, 3.8) is 0 Å². The minimum absolute atomic E-state index is 0.469. The Hall–Kier alpha value is -1.39. The average molecular weight is 331 g/mol. The lowest BCUT2D eigenvalue weighted by atomic mass is 9.99. The second-order valence-electron chi connectivity index (χ2n) is 4.35. The molecule has 0 aliphatic heterocycles. The van der Waals surface area contributed by atoms with E-state index in [0.29, 0.717) is 5.56 Å². The molecule has 0 saturated carbocycles. The number of carbonyl (C=O) groups excluding carboxylic acids is 1. The van der Waals surface area contributed by atoms with E-state index in [9.17, 15) is 9.90 Å². The lowest BCUT2D eigenvalue weighted by molar-refractivity contribution is -0.410. The standard InChI is InChI=1S/C15H22O8/c1-18-21-13(10-16)15(23-20-3)14(22-19-2)12(17)9-11-7-5-4-6-8-11/h4-8,13-16H,9-10H2,1-3H3/t13-,14-,15-/m1/s1/i9D/t9?,13-,14-,15-. The molecule has 0 aliphatic rings. The van der Waals surface area contributed by atoms with Crippen molar-refractivity contribution in [2.45, 2.75) is 24.7 Å². The van der Waals surface area contributed by atoms with Gasteiger partial charge in [0.2, 0.25) is 0 Å². The Balaban J connectivity index is 3.04. The second kappa shape index (κ2) is 11.2. The highest BCUT2D eigenvalue weighted by Gasteiger charge is 2.39. The van der Waals surface area contributed by atoms with Gasteiger partial charge in [-0.3, -0.25) is 4.79 Å². The molecule has 0 bridgehead atoms. The van der Waals surface area contributed by atoms with Gasteiger partial charge in [-0.1, -0.05) is 30.3 Å². The van der Waals surface area contributed by atoms with Crippen molar-refractivity contribution < 1.29 is 40.6 Å². The van der Waals surface area contributed by atoms with Gasteiger partial charge in [-0.05, 0) is 5.56 Å². The van der Waals surface area contributed by atoms with E-state index in [1.54, 1.807) is 30.3 Å². The van der Waals surface area contributed by atoms with E-state index in [1.807, 2.05) is 0 Å². The fourth-order valence-electron chi connectivity index (χ4n) is 1.89. The monoisotopic (exact) mass is 331 g/mol. The highest BCUT2D eigenvalue weighted by Crippen LogP contribution is 2.16. The molecule has 1 rings (SSSR count). The Morgan fingerprint density at radius 1 is 1.09 bits per heavy atom. The van der Waals surface area contributed by atoms with E-state index >= 15 is 0 Å². The first kappa shape index (κ1) is 18.0. The molecule has 0 aromatic heterocycles. The van der Waals surface area contributed by atoms with E-state index in [4.69, 9.17) is 16.0 Å². The highest BCUT2D eigenvalue weighted by molar-refractivity contribution is 5.85. The maximum atomic E-state index is 12.7. The third-order valence-electron chi connectivity index (χ3n) is 2.86. The average Bonchev–Trinajstić information content (AvgIpc) is 2.62.